The van der Waals surface area contributed by atoms with Gasteiger partial charge in [0, 0.05) is 81.5 Å². The summed E-state index contributed by atoms with van der Waals surface area (Å²) in [4.78, 5) is 13.1. The number of amides is 1. The van der Waals surface area contributed by atoms with E-state index in [9.17, 15) is 52.4 Å². The SMILES string of the molecule is CC(=O)N1CCN(S(=O)(=O)N(Cc2ccc(-c3nnc(C(F)F)o3)cc2F)c2cccc(F)c2)CC1.Cl.O=S(=O)(N1CCNCC1)N(Cc1ccc(-c2nnc(C(F)F)o2)cc1F)c1cccc(F)c1. The highest BCUT2D eigenvalue weighted by Gasteiger charge is 2.35. The van der Waals surface area contributed by atoms with Crippen molar-refractivity contribution in [2.45, 2.75) is 32.9 Å². The molecule has 0 unspecified atom stereocenters. The Morgan fingerprint density at radius 1 is 0.614 bits per heavy atom. The van der Waals surface area contributed by atoms with E-state index >= 15 is 4.39 Å². The van der Waals surface area contributed by atoms with Crippen LogP contribution in [0, 0.1) is 23.3 Å². The smallest absolute Gasteiger partial charge is 0.314 e. The molecule has 0 radical (unpaired) electrons. The van der Waals surface area contributed by atoms with Crippen LogP contribution >= 0.6 is 12.4 Å². The molecule has 4 heterocycles. The van der Waals surface area contributed by atoms with Crippen molar-refractivity contribution in [1.29, 1.82) is 0 Å². The molecule has 2 fully saturated rings. The Balaban J connectivity index is 0.000000227. The lowest BCUT2D eigenvalue weighted by Gasteiger charge is -2.37. The number of benzene rings is 4. The molecule has 2 aliphatic rings. The molecule has 0 atom stereocenters. The van der Waals surface area contributed by atoms with Gasteiger partial charge in [0.2, 0.25) is 17.7 Å². The first-order valence-electron chi connectivity index (χ1n) is 20.7. The second-order valence-corrected chi connectivity index (χ2v) is 18.9. The topological polar surface area (TPSA) is 191 Å². The van der Waals surface area contributed by atoms with Gasteiger partial charge in [-0.05, 0) is 60.7 Å². The van der Waals surface area contributed by atoms with Gasteiger partial charge >= 0.3 is 33.3 Å². The minimum atomic E-state index is -4.26. The highest BCUT2D eigenvalue weighted by Crippen LogP contribution is 2.31. The molecule has 8 rings (SSSR count). The maximum absolute atomic E-state index is 15.0. The minimum absolute atomic E-state index is 0. The zero-order chi connectivity index (χ0) is 49.6. The normalized spacial score (nSPS) is 14.8. The molecule has 2 saturated heterocycles. The van der Waals surface area contributed by atoms with Crippen molar-refractivity contribution in [2.75, 3.05) is 61.0 Å². The van der Waals surface area contributed by atoms with Crippen LogP contribution < -0.4 is 13.9 Å². The van der Waals surface area contributed by atoms with Gasteiger partial charge in [-0.15, -0.1) is 32.8 Å². The third kappa shape index (κ3) is 12.4. The average molecular weight is 1050 g/mol. The third-order valence-corrected chi connectivity index (χ3v) is 14.5. The van der Waals surface area contributed by atoms with E-state index < -0.39 is 81.4 Å². The van der Waals surface area contributed by atoms with Crippen LogP contribution in [0.4, 0.5) is 46.5 Å². The number of hydrogen-bond donors (Lipinski definition) is 1. The van der Waals surface area contributed by atoms with E-state index in [4.69, 9.17) is 8.83 Å². The molecule has 2 aliphatic heterocycles. The van der Waals surface area contributed by atoms with Crippen molar-refractivity contribution in [2.24, 2.45) is 0 Å². The van der Waals surface area contributed by atoms with Gasteiger partial charge in [0.05, 0.1) is 24.5 Å². The van der Waals surface area contributed by atoms with Crippen LogP contribution in [0.15, 0.2) is 93.8 Å². The number of hydrogen-bond acceptors (Lipinski definition) is 12. The van der Waals surface area contributed by atoms with Gasteiger partial charge in [0.1, 0.15) is 23.3 Å². The predicted octanol–water partition coefficient (Wildman–Crippen LogP) is 6.90. The van der Waals surface area contributed by atoms with Crippen LogP contribution in [0.1, 0.15) is 42.7 Å². The molecule has 0 aliphatic carbocycles. The highest BCUT2D eigenvalue weighted by atomic mass is 35.5. The van der Waals surface area contributed by atoms with E-state index in [1.807, 2.05) is 0 Å². The van der Waals surface area contributed by atoms with Crippen molar-refractivity contribution in [3.8, 4) is 22.9 Å². The van der Waals surface area contributed by atoms with E-state index in [-0.39, 0.29) is 103 Å². The monoisotopic (exact) mass is 1050 g/mol. The fourth-order valence-electron chi connectivity index (χ4n) is 7.07. The Morgan fingerprint density at radius 3 is 1.39 bits per heavy atom. The van der Waals surface area contributed by atoms with Gasteiger partial charge in [-0.25, -0.2) is 17.6 Å². The summed E-state index contributed by atoms with van der Waals surface area (Å²) in [6, 6.07) is 17.0. The van der Waals surface area contributed by atoms with Gasteiger partial charge in [0.15, 0.2) is 0 Å². The van der Waals surface area contributed by atoms with E-state index in [2.05, 4.69) is 25.7 Å². The lowest BCUT2D eigenvalue weighted by Crippen LogP contribution is -2.54. The summed E-state index contributed by atoms with van der Waals surface area (Å²) < 4.78 is 176. The summed E-state index contributed by atoms with van der Waals surface area (Å²) in [5.41, 5.74) is 0.00777. The number of nitrogens with zero attached hydrogens (tertiary/aromatic N) is 9. The molecule has 2 aromatic heterocycles. The average Bonchev–Trinajstić information content (AvgIpc) is 4.04. The van der Waals surface area contributed by atoms with Crippen LogP contribution in [-0.4, -0.2) is 109 Å². The second kappa shape index (κ2) is 22.7. The van der Waals surface area contributed by atoms with Crippen LogP contribution in [0.25, 0.3) is 22.9 Å². The fourth-order valence-corrected chi connectivity index (χ4v) is 10.3. The Morgan fingerprint density at radius 2 is 1.03 bits per heavy atom. The summed E-state index contributed by atoms with van der Waals surface area (Å²) in [6.45, 7) is 2.17. The summed E-state index contributed by atoms with van der Waals surface area (Å²) >= 11 is 0. The Labute approximate surface area is 401 Å². The molecule has 70 heavy (non-hydrogen) atoms. The van der Waals surface area contributed by atoms with Gasteiger partial charge in [0.25, 0.3) is 11.8 Å². The van der Waals surface area contributed by atoms with Gasteiger partial charge < -0.3 is 19.1 Å². The Kier molecular flexibility index (Phi) is 17.2. The second-order valence-electron chi connectivity index (χ2n) is 15.1. The molecule has 0 bridgehead atoms. The molecule has 1 amide bonds. The van der Waals surface area contributed by atoms with Crippen LogP contribution in [-0.2, 0) is 38.3 Å². The first-order valence-corrected chi connectivity index (χ1v) is 23.4. The molecule has 0 saturated carbocycles. The van der Waals surface area contributed by atoms with E-state index in [1.54, 1.807) is 0 Å². The number of piperazine rings is 2. The lowest BCUT2D eigenvalue weighted by atomic mass is 10.1. The zero-order valence-corrected chi connectivity index (χ0v) is 38.9. The molecule has 376 valence electrons. The number of nitrogens with one attached hydrogen (secondary N) is 1. The van der Waals surface area contributed by atoms with Crippen molar-refractivity contribution in [3.63, 3.8) is 0 Å². The zero-order valence-electron chi connectivity index (χ0n) is 36.4. The van der Waals surface area contributed by atoms with Gasteiger partial charge in [-0.1, -0.05) is 24.3 Å². The number of anilines is 2. The number of carbonyl (C=O) groups excluding carboxylic acids is 1. The number of rotatable bonds is 14. The lowest BCUT2D eigenvalue weighted by molar-refractivity contribution is -0.129. The molecular weight excluding hydrogens is 1010 g/mol. The van der Waals surface area contributed by atoms with Gasteiger partial charge in [-0.3, -0.25) is 13.4 Å². The number of aromatic nitrogens is 4. The molecule has 4 aromatic carbocycles. The third-order valence-electron chi connectivity index (χ3n) is 10.6. The maximum atomic E-state index is 15.0. The number of halogens is 9. The largest absolute Gasteiger partial charge is 0.415 e. The molecule has 28 heteroatoms. The number of alkyl halides is 4. The molecule has 0 spiro atoms. The van der Waals surface area contributed by atoms with E-state index in [1.165, 1.54) is 70.7 Å². The number of carbonyl (C=O) groups is 1. The quantitative estimate of drug-likeness (QED) is 0.111. The first kappa shape index (κ1) is 53.1. The summed E-state index contributed by atoms with van der Waals surface area (Å²) in [5.74, 6) is -5.62. The van der Waals surface area contributed by atoms with Crippen molar-refractivity contribution in [3.05, 3.63) is 131 Å². The van der Waals surface area contributed by atoms with Crippen LogP contribution in [0.2, 0.25) is 0 Å². The summed E-state index contributed by atoms with van der Waals surface area (Å²) in [6.07, 6.45) is -5.96. The standard InChI is InChI=1S/C22H21F4N5O4S.C20H19F4N5O3S.ClH/c1-14(32)29-7-9-30(10-8-29)36(33,34)31(18-4-2-3-17(23)12-18)13-16-6-5-15(11-19(16)24)21-27-28-22(35-21)20(25)26;21-15-2-1-3-16(11-15)29(33(30,31)28-8-6-25-7-9-28)12-14-5-4-13(10-17(14)22)19-26-27-20(32-19)18(23)24;/h2-6,11-12,20H,7-10,13H2,1H3;1-5,10-11,18,25H,6-9,12H2;1H. The van der Waals surface area contributed by atoms with Crippen LogP contribution in [0.5, 0.6) is 0 Å². The summed E-state index contributed by atoms with van der Waals surface area (Å²) in [5, 5.41) is 16.4. The molecule has 1 N–H and O–H groups in total. The Hall–Kier alpha value is -6.26. The predicted molar refractivity (Wildman–Crippen MR) is 238 cm³/mol. The summed E-state index contributed by atoms with van der Waals surface area (Å²) in [7, 11) is -8.36. The van der Waals surface area contributed by atoms with E-state index in [0.29, 0.717) is 13.1 Å². The van der Waals surface area contributed by atoms with Gasteiger partial charge in [-0.2, -0.15) is 43.0 Å². The fraction of sp³-hybridized carbons (Fsp3) is 0.310. The maximum Gasteiger partial charge on any atom is 0.314 e. The first-order chi connectivity index (χ1) is 32.8. The Bertz CT molecular complexity index is 3000. The van der Waals surface area contributed by atoms with Crippen molar-refractivity contribution in [1.82, 2.24) is 39.2 Å². The molecule has 17 nitrogen and oxygen atoms in total. The molecule has 6 aromatic rings. The highest BCUT2D eigenvalue weighted by molar-refractivity contribution is 7.90. The van der Waals surface area contributed by atoms with Crippen LogP contribution in [0.3, 0.4) is 0 Å². The van der Waals surface area contributed by atoms with Crippen molar-refractivity contribution < 1.29 is 65.6 Å². The van der Waals surface area contributed by atoms with E-state index in [0.717, 1.165) is 43.2 Å². The van der Waals surface area contributed by atoms with Crippen molar-refractivity contribution >= 4 is 50.1 Å². The minimum Gasteiger partial charge on any atom is -0.415 e. The molecular formula is C42H41ClF8N10O7S2.